The molecule has 1 fully saturated rings. The molecule has 7 nitrogen and oxygen atoms in total. The van der Waals surface area contributed by atoms with Crippen molar-refractivity contribution in [2.24, 2.45) is 0 Å². The first-order valence-corrected chi connectivity index (χ1v) is 9.83. The molecule has 1 aliphatic rings. The highest BCUT2D eigenvalue weighted by molar-refractivity contribution is 6.15. The van der Waals surface area contributed by atoms with E-state index >= 15 is 0 Å². The number of aromatic nitrogens is 3. The van der Waals surface area contributed by atoms with Crippen molar-refractivity contribution in [3.8, 4) is 0 Å². The van der Waals surface area contributed by atoms with Crippen molar-refractivity contribution in [1.82, 2.24) is 24.8 Å². The Balaban J connectivity index is 1.41. The van der Waals surface area contributed by atoms with E-state index in [1.807, 2.05) is 42.5 Å². The number of rotatable bonds is 2. The summed E-state index contributed by atoms with van der Waals surface area (Å²) in [5.74, 6) is -0.218. The minimum atomic E-state index is -0.159. The van der Waals surface area contributed by atoms with Crippen LogP contribution in [0.5, 0.6) is 0 Å². The van der Waals surface area contributed by atoms with Crippen LogP contribution in [0.2, 0.25) is 0 Å². The number of hydrogen-bond acceptors (Lipinski definition) is 5. The Morgan fingerprint density at radius 3 is 2.27 bits per heavy atom. The molecule has 4 aromatic rings. The number of fused-ring (bicyclic) bond motifs is 3. The standard InChI is InChI=1S/C23H19N5O2/c29-22(27-10-12-28(13-11-27)23(30)20-15-24-8-9-25-20)19-14-16-4-1-2-5-17(16)18-6-3-7-26-21(18)19/h1-9,14-15H,10-13H2. The zero-order chi connectivity index (χ0) is 20.5. The van der Waals surface area contributed by atoms with Crippen LogP contribution < -0.4 is 0 Å². The van der Waals surface area contributed by atoms with Gasteiger partial charge in [0.25, 0.3) is 11.8 Å². The Morgan fingerprint density at radius 1 is 0.767 bits per heavy atom. The number of hydrogen-bond donors (Lipinski definition) is 0. The molecule has 2 aromatic heterocycles. The second-order valence-electron chi connectivity index (χ2n) is 7.22. The van der Waals surface area contributed by atoms with Crippen LogP contribution in [0.4, 0.5) is 0 Å². The van der Waals surface area contributed by atoms with Gasteiger partial charge < -0.3 is 9.80 Å². The monoisotopic (exact) mass is 397 g/mol. The van der Waals surface area contributed by atoms with Crippen molar-refractivity contribution in [3.05, 3.63) is 78.5 Å². The van der Waals surface area contributed by atoms with E-state index in [4.69, 9.17) is 0 Å². The van der Waals surface area contributed by atoms with Gasteiger partial charge in [-0.15, -0.1) is 0 Å². The lowest BCUT2D eigenvalue weighted by Gasteiger charge is -2.34. The lowest BCUT2D eigenvalue weighted by molar-refractivity contribution is 0.0533. The molecule has 2 aromatic carbocycles. The van der Waals surface area contributed by atoms with Crippen LogP contribution in [-0.2, 0) is 0 Å². The van der Waals surface area contributed by atoms with Crippen molar-refractivity contribution in [1.29, 1.82) is 0 Å². The Labute approximate surface area is 173 Å². The van der Waals surface area contributed by atoms with Crippen LogP contribution in [0.3, 0.4) is 0 Å². The van der Waals surface area contributed by atoms with Crippen LogP contribution in [0.15, 0.2) is 67.3 Å². The third-order valence-electron chi connectivity index (χ3n) is 5.48. The normalized spacial score (nSPS) is 14.3. The molecular weight excluding hydrogens is 378 g/mol. The van der Waals surface area contributed by atoms with Gasteiger partial charge in [-0.1, -0.05) is 30.3 Å². The molecule has 0 atom stereocenters. The molecule has 0 saturated carbocycles. The molecule has 1 aliphatic heterocycles. The summed E-state index contributed by atoms with van der Waals surface area (Å²) in [7, 11) is 0. The molecule has 0 spiro atoms. The van der Waals surface area contributed by atoms with Gasteiger partial charge in [0.05, 0.1) is 17.3 Å². The first-order valence-electron chi connectivity index (χ1n) is 9.83. The van der Waals surface area contributed by atoms with Gasteiger partial charge in [0.1, 0.15) is 5.69 Å². The Hall–Kier alpha value is -3.87. The zero-order valence-corrected chi connectivity index (χ0v) is 16.2. The lowest BCUT2D eigenvalue weighted by atomic mass is 10.00. The highest BCUT2D eigenvalue weighted by atomic mass is 16.2. The summed E-state index contributed by atoms with van der Waals surface area (Å²) in [6, 6.07) is 13.8. The summed E-state index contributed by atoms with van der Waals surface area (Å²) in [4.78, 5) is 42.0. The molecule has 0 aliphatic carbocycles. The van der Waals surface area contributed by atoms with Gasteiger partial charge in [0.2, 0.25) is 0 Å². The maximum absolute atomic E-state index is 13.4. The molecule has 5 rings (SSSR count). The van der Waals surface area contributed by atoms with E-state index in [0.717, 1.165) is 16.2 Å². The summed E-state index contributed by atoms with van der Waals surface area (Å²) in [6.45, 7) is 1.85. The fourth-order valence-electron chi connectivity index (χ4n) is 3.95. The quantitative estimate of drug-likeness (QED) is 0.486. The van der Waals surface area contributed by atoms with Gasteiger partial charge >= 0.3 is 0 Å². The van der Waals surface area contributed by atoms with Gasteiger partial charge in [0.15, 0.2) is 0 Å². The van der Waals surface area contributed by atoms with Crippen molar-refractivity contribution in [2.45, 2.75) is 0 Å². The summed E-state index contributed by atoms with van der Waals surface area (Å²) in [5, 5.41) is 3.06. The first-order chi connectivity index (χ1) is 14.7. The number of piperazine rings is 1. The van der Waals surface area contributed by atoms with E-state index in [2.05, 4.69) is 15.0 Å². The van der Waals surface area contributed by atoms with Gasteiger partial charge in [-0.3, -0.25) is 19.6 Å². The Bertz CT molecular complexity index is 1250. The van der Waals surface area contributed by atoms with Gasteiger partial charge in [-0.05, 0) is 22.9 Å². The van der Waals surface area contributed by atoms with E-state index in [9.17, 15) is 9.59 Å². The molecule has 1 saturated heterocycles. The van der Waals surface area contributed by atoms with Crippen LogP contribution in [0.25, 0.3) is 21.7 Å². The first kappa shape index (κ1) is 18.2. The fourth-order valence-corrected chi connectivity index (χ4v) is 3.95. The van der Waals surface area contributed by atoms with E-state index in [-0.39, 0.29) is 11.8 Å². The largest absolute Gasteiger partial charge is 0.335 e. The van der Waals surface area contributed by atoms with Crippen LogP contribution in [0, 0.1) is 0 Å². The smallest absolute Gasteiger partial charge is 0.274 e. The van der Waals surface area contributed by atoms with E-state index in [0.29, 0.717) is 43.0 Å². The third kappa shape index (κ3) is 3.14. The number of pyridine rings is 1. The number of benzene rings is 2. The number of carbonyl (C=O) groups excluding carboxylic acids is 2. The highest BCUT2D eigenvalue weighted by Crippen LogP contribution is 2.28. The molecule has 30 heavy (non-hydrogen) atoms. The van der Waals surface area contributed by atoms with Gasteiger partial charge in [0, 0.05) is 50.2 Å². The van der Waals surface area contributed by atoms with Gasteiger partial charge in [-0.2, -0.15) is 0 Å². The SMILES string of the molecule is O=C(c1cnccn1)N1CCN(C(=O)c2cc3ccccc3c3cccnc23)CC1. The van der Waals surface area contributed by atoms with Crippen LogP contribution in [0.1, 0.15) is 20.8 Å². The molecule has 0 unspecified atom stereocenters. The van der Waals surface area contributed by atoms with Crippen molar-refractivity contribution in [3.63, 3.8) is 0 Å². The van der Waals surface area contributed by atoms with Crippen molar-refractivity contribution < 1.29 is 9.59 Å². The van der Waals surface area contributed by atoms with Crippen LogP contribution >= 0.6 is 0 Å². The molecular formula is C23H19N5O2. The second kappa shape index (κ2) is 7.51. The Kier molecular flexibility index (Phi) is 4.55. The van der Waals surface area contributed by atoms with Crippen molar-refractivity contribution >= 4 is 33.5 Å². The molecule has 148 valence electrons. The summed E-state index contributed by atoms with van der Waals surface area (Å²) >= 11 is 0. The minimum absolute atomic E-state index is 0.0592. The molecule has 0 bridgehead atoms. The van der Waals surface area contributed by atoms with Crippen LogP contribution in [-0.4, -0.2) is 62.7 Å². The molecule has 3 heterocycles. The maximum Gasteiger partial charge on any atom is 0.274 e. The van der Waals surface area contributed by atoms with E-state index in [1.165, 1.54) is 18.6 Å². The van der Waals surface area contributed by atoms with Crippen molar-refractivity contribution in [2.75, 3.05) is 26.2 Å². The minimum Gasteiger partial charge on any atom is -0.335 e. The molecule has 7 heteroatoms. The topological polar surface area (TPSA) is 79.3 Å². The highest BCUT2D eigenvalue weighted by Gasteiger charge is 2.27. The predicted molar refractivity (Wildman–Crippen MR) is 113 cm³/mol. The summed E-state index contributed by atoms with van der Waals surface area (Å²) in [6.07, 6.45) is 6.22. The molecule has 0 N–H and O–H groups in total. The second-order valence-corrected chi connectivity index (χ2v) is 7.22. The fraction of sp³-hybridized carbons (Fsp3) is 0.174. The number of nitrogens with zero attached hydrogens (tertiary/aromatic N) is 5. The molecule has 2 amide bonds. The van der Waals surface area contributed by atoms with E-state index < -0.39 is 0 Å². The predicted octanol–water partition coefficient (Wildman–Crippen LogP) is 2.78. The number of amides is 2. The molecule has 0 radical (unpaired) electrons. The summed E-state index contributed by atoms with van der Waals surface area (Å²) in [5.41, 5.74) is 1.62. The average molecular weight is 397 g/mol. The lowest BCUT2D eigenvalue weighted by Crippen LogP contribution is -2.50. The maximum atomic E-state index is 13.4. The Morgan fingerprint density at radius 2 is 1.50 bits per heavy atom. The van der Waals surface area contributed by atoms with E-state index in [1.54, 1.807) is 16.0 Å². The number of carbonyl (C=O) groups is 2. The van der Waals surface area contributed by atoms with Gasteiger partial charge in [-0.25, -0.2) is 4.98 Å². The third-order valence-corrected chi connectivity index (χ3v) is 5.48. The average Bonchev–Trinajstić information content (AvgIpc) is 2.83. The summed E-state index contributed by atoms with van der Waals surface area (Å²) < 4.78 is 0. The zero-order valence-electron chi connectivity index (χ0n) is 16.2.